The fourth-order valence-electron chi connectivity index (χ4n) is 3.29. The molecule has 32 heavy (non-hydrogen) atoms. The third-order valence-electron chi connectivity index (χ3n) is 5.13. The molecular formula is C23H30N2O6S. The van der Waals surface area contributed by atoms with Crippen molar-refractivity contribution in [2.24, 2.45) is 0 Å². The maximum atomic E-state index is 12.6. The van der Waals surface area contributed by atoms with Crippen LogP contribution < -0.4 is 14.8 Å². The van der Waals surface area contributed by atoms with Gasteiger partial charge in [0.1, 0.15) is 18.1 Å². The maximum Gasteiger partial charge on any atom is 0.260 e. The Bertz CT molecular complexity index is 988. The van der Waals surface area contributed by atoms with Crippen LogP contribution >= 0.6 is 0 Å². The number of morpholine rings is 1. The monoisotopic (exact) mass is 462 g/mol. The van der Waals surface area contributed by atoms with Gasteiger partial charge in [-0.3, -0.25) is 4.79 Å². The van der Waals surface area contributed by atoms with E-state index >= 15 is 0 Å². The molecule has 0 aliphatic carbocycles. The molecule has 1 atom stereocenters. The average molecular weight is 463 g/mol. The first-order chi connectivity index (χ1) is 15.4. The molecule has 0 spiro atoms. The van der Waals surface area contributed by atoms with Gasteiger partial charge in [0.25, 0.3) is 5.91 Å². The second-order valence-electron chi connectivity index (χ2n) is 7.35. The zero-order chi connectivity index (χ0) is 23.0. The van der Waals surface area contributed by atoms with Crippen molar-refractivity contribution in [3.63, 3.8) is 0 Å². The lowest BCUT2D eigenvalue weighted by Crippen LogP contribution is -2.40. The van der Waals surface area contributed by atoms with Crippen molar-refractivity contribution in [1.82, 2.24) is 9.62 Å². The van der Waals surface area contributed by atoms with Gasteiger partial charge in [0.15, 0.2) is 6.10 Å². The smallest absolute Gasteiger partial charge is 0.260 e. The van der Waals surface area contributed by atoms with Gasteiger partial charge in [-0.05, 0) is 49.2 Å². The summed E-state index contributed by atoms with van der Waals surface area (Å²) in [5.74, 6) is 1.01. The minimum absolute atomic E-state index is 0.221. The summed E-state index contributed by atoms with van der Waals surface area (Å²) in [6, 6.07) is 13.9. The normalized spacial score (nSPS) is 15.7. The summed E-state index contributed by atoms with van der Waals surface area (Å²) in [4.78, 5) is 12.5. The second kappa shape index (κ2) is 11.3. The highest BCUT2D eigenvalue weighted by molar-refractivity contribution is 7.89. The summed E-state index contributed by atoms with van der Waals surface area (Å²) in [6.45, 7) is 5.81. The maximum absolute atomic E-state index is 12.6. The Labute approximate surface area is 189 Å². The molecule has 1 amide bonds. The van der Waals surface area contributed by atoms with E-state index in [9.17, 15) is 13.2 Å². The fourth-order valence-corrected chi connectivity index (χ4v) is 4.69. The number of benzene rings is 2. The van der Waals surface area contributed by atoms with Crippen LogP contribution in [-0.4, -0.2) is 64.2 Å². The number of nitrogens with one attached hydrogen (secondary N) is 1. The summed E-state index contributed by atoms with van der Waals surface area (Å²) >= 11 is 0. The summed E-state index contributed by atoms with van der Waals surface area (Å²) in [6.07, 6.45) is 0.192. The number of para-hydroxylation sites is 1. The third kappa shape index (κ3) is 6.21. The molecule has 9 heteroatoms. The number of hydrogen-bond donors (Lipinski definition) is 1. The zero-order valence-electron chi connectivity index (χ0n) is 18.5. The van der Waals surface area contributed by atoms with Gasteiger partial charge in [-0.15, -0.1) is 0 Å². The molecule has 1 fully saturated rings. The van der Waals surface area contributed by atoms with Crippen LogP contribution in [0, 0.1) is 0 Å². The van der Waals surface area contributed by atoms with Crippen molar-refractivity contribution in [2.75, 3.05) is 39.5 Å². The Morgan fingerprint density at radius 2 is 1.81 bits per heavy atom. The molecule has 174 valence electrons. The number of rotatable bonds is 10. The molecule has 1 aliphatic heterocycles. The molecule has 2 aromatic rings. The zero-order valence-corrected chi connectivity index (χ0v) is 19.3. The quantitative estimate of drug-likeness (QED) is 0.544. The first kappa shape index (κ1) is 24.0. The van der Waals surface area contributed by atoms with Gasteiger partial charge in [-0.1, -0.05) is 25.1 Å². The average Bonchev–Trinajstić information content (AvgIpc) is 2.83. The Hall–Kier alpha value is -2.62. The first-order valence-corrected chi connectivity index (χ1v) is 12.2. The largest absolute Gasteiger partial charge is 0.492 e. The van der Waals surface area contributed by atoms with Gasteiger partial charge in [-0.25, -0.2) is 8.42 Å². The highest BCUT2D eigenvalue weighted by Crippen LogP contribution is 2.21. The number of amides is 1. The van der Waals surface area contributed by atoms with Crippen LogP contribution in [0.15, 0.2) is 53.4 Å². The van der Waals surface area contributed by atoms with Gasteiger partial charge in [0, 0.05) is 13.1 Å². The fraction of sp³-hybridized carbons (Fsp3) is 0.435. The lowest BCUT2D eigenvalue weighted by Gasteiger charge is -2.26. The minimum Gasteiger partial charge on any atom is -0.492 e. The van der Waals surface area contributed by atoms with Crippen LogP contribution in [0.3, 0.4) is 0 Å². The van der Waals surface area contributed by atoms with Crippen LogP contribution in [0.1, 0.15) is 19.4 Å². The van der Waals surface area contributed by atoms with Crippen LogP contribution in [0.5, 0.6) is 11.5 Å². The summed E-state index contributed by atoms with van der Waals surface area (Å²) < 4.78 is 43.3. The van der Waals surface area contributed by atoms with Crippen molar-refractivity contribution in [3.05, 3.63) is 54.1 Å². The molecule has 1 aliphatic rings. The number of aryl methyl sites for hydroxylation is 1. The lowest BCUT2D eigenvalue weighted by atomic mass is 10.1. The van der Waals surface area contributed by atoms with Crippen molar-refractivity contribution >= 4 is 15.9 Å². The number of ether oxygens (including phenoxy) is 3. The van der Waals surface area contributed by atoms with E-state index in [1.807, 2.05) is 31.2 Å². The summed E-state index contributed by atoms with van der Waals surface area (Å²) in [7, 11) is -3.53. The highest BCUT2D eigenvalue weighted by Gasteiger charge is 2.26. The first-order valence-electron chi connectivity index (χ1n) is 10.7. The van der Waals surface area contributed by atoms with Crippen LogP contribution in [0.2, 0.25) is 0 Å². The van der Waals surface area contributed by atoms with Crippen molar-refractivity contribution in [2.45, 2.75) is 31.3 Å². The molecule has 1 saturated heterocycles. The minimum atomic E-state index is -3.53. The van der Waals surface area contributed by atoms with Gasteiger partial charge >= 0.3 is 0 Å². The molecule has 3 rings (SSSR count). The highest BCUT2D eigenvalue weighted by atomic mass is 32.2. The van der Waals surface area contributed by atoms with E-state index in [0.29, 0.717) is 44.3 Å². The van der Waals surface area contributed by atoms with Gasteiger partial charge in [0.05, 0.1) is 24.7 Å². The van der Waals surface area contributed by atoms with E-state index in [2.05, 4.69) is 5.32 Å². The predicted octanol–water partition coefficient (Wildman–Crippen LogP) is 2.23. The van der Waals surface area contributed by atoms with Crippen molar-refractivity contribution in [3.8, 4) is 11.5 Å². The van der Waals surface area contributed by atoms with Gasteiger partial charge in [-0.2, -0.15) is 4.31 Å². The number of hydrogen-bond acceptors (Lipinski definition) is 6. The molecule has 0 radical (unpaired) electrons. The molecule has 1 unspecified atom stereocenters. The summed E-state index contributed by atoms with van der Waals surface area (Å²) in [5.41, 5.74) is 1.05. The Kier molecular flexibility index (Phi) is 8.49. The van der Waals surface area contributed by atoms with E-state index in [1.165, 1.54) is 16.4 Å². The van der Waals surface area contributed by atoms with E-state index in [0.717, 1.165) is 12.0 Å². The number of carbonyl (C=O) groups is 1. The number of carbonyl (C=O) groups excluding carboxylic acids is 1. The third-order valence-corrected chi connectivity index (χ3v) is 7.04. The molecule has 0 aromatic heterocycles. The standard InChI is InChI=1S/C23H30N2O6S/c1-3-19-6-4-5-7-22(19)31-18(2)23(26)24-12-15-30-20-8-10-21(11-9-20)32(27,28)25-13-16-29-17-14-25/h4-11,18H,3,12-17H2,1-2H3,(H,24,26). The second-order valence-corrected chi connectivity index (χ2v) is 9.29. The van der Waals surface area contributed by atoms with Gasteiger partial charge in [0.2, 0.25) is 10.0 Å². The Morgan fingerprint density at radius 3 is 2.50 bits per heavy atom. The van der Waals surface area contributed by atoms with E-state index in [4.69, 9.17) is 14.2 Å². The van der Waals surface area contributed by atoms with Crippen LogP contribution in [-0.2, 0) is 26.0 Å². The molecule has 0 saturated carbocycles. The lowest BCUT2D eigenvalue weighted by molar-refractivity contribution is -0.127. The number of nitrogens with zero attached hydrogens (tertiary/aromatic N) is 1. The van der Waals surface area contributed by atoms with Crippen LogP contribution in [0.4, 0.5) is 0 Å². The predicted molar refractivity (Wildman–Crippen MR) is 120 cm³/mol. The molecule has 2 aromatic carbocycles. The Balaban J connectivity index is 1.43. The summed E-state index contributed by atoms with van der Waals surface area (Å²) in [5, 5.41) is 2.79. The van der Waals surface area contributed by atoms with E-state index < -0.39 is 16.1 Å². The molecule has 0 bridgehead atoms. The van der Waals surface area contributed by atoms with Crippen LogP contribution in [0.25, 0.3) is 0 Å². The van der Waals surface area contributed by atoms with Crippen molar-refractivity contribution < 1.29 is 27.4 Å². The SMILES string of the molecule is CCc1ccccc1OC(C)C(=O)NCCOc1ccc(S(=O)(=O)N2CCOCC2)cc1. The van der Waals surface area contributed by atoms with Gasteiger partial charge < -0.3 is 19.5 Å². The molecule has 8 nitrogen and oxygen atoms in total. The topological polar surface area (TPSA) is 94.2 Å². The van der Waals surface area contributed by atoms with E-state index in [1.54, 1.807) is 19.1 Å². The van der Waals surface area contributed by atoms with Crippen molar-refractivity contribution in [1.29, 1.82) is 0 Å². The van der Waals surface area contributed by atoms with E-state index in [-0.39, 0.29) is 17.4 Å². The Morgan fingerprint density at radius 1 is 1.12 bits per heavy atom. The molecular weight excluding hydrogens is 432 g/mol. The molecule has 1 heterocycles. The number of sulfonamides is 1. The molecule has 1 N–H and O–H groups in total.